The highest BCUT2D eigenvalue weighted by molar-refractivity contribution is 5.89. The van der Waals surface area contributed by atoms with E-state index in [2.05, 4.69) is 75.6 Å². The molecule has 0 unspecified atom stereocenters. The van der Waals surface area contributed by atoms with Gasteiger partial charge in [0, 0.05) is 56.5 Å². The van der Waals surface area contributed by atoms with Crippen molar-refractivity contribution >= 4 is 11.4 Å². The van der Waals surface area contributed by atoms with Gasteiger partial charge >= 0.3 is 0 Å². The third-order valence-corrected chi connectivity index (χ3v) is 5.31. The molecular weight excluding hydrogens is 344 g/mol. The number of pyridine rings is 2. The number of nitrogens with zero attached hydrogens (tertiary/aromatic N) is 4. The highest BCUT2D eigenvalue weighted by Crippen LogP contribution is 2.38. The van der Waals surface area contributed by atoms with Crippen molar-refractivity contribution in [2.24, 2.45) is 0 Å². The van der Waals surface area contributed by atoms with Crippen LogP contribution >= 0.6 is 0 Å². The van der Waals surface area contributed by atoms with E-state index in [1.54, 1.807) is 0 Å². The summed E-state index contributed by atoms with van der Waals surface area (Å²) in [5, 5.41) is 0. The lowest BCUT2D eigenvalue weighted by molar-refractivity contribution is 0.317. The van der Waals surface area contributed by atoms with Crippen molar-refractivity contribution < 1.29 is 0 Å². The number of anilines is 1. The molecule has 0 N–H and O–H groups in total. The molecule has 0 spiro atoms. The zero-order valence-corrected chi connectivity index (χ0v) is 15.7. The lowest BCUT2D eigenvalue weighted by atomic mass is 9.92. The third-order valence-electron chi connectivity index (χ3n) is 5.31. The fourth-order valence-electron chi connectivity index (χ4n) is 3.99. The third kappa shape index (κ3) is 3.35. The molecule has 0 bridgehead atoms. The Balaban J connectivity index is 1.45. The predicted molar refractivity (Wildman–Crippen MR) is 112 cm³/mol. The fraction of sp³-hybridized carbons (Fsp3) is 0.167. The smallest absolute Gasteiger partial charge is 0.140 e. The van der Waals surface area contributed by atoms with Crippen LogP contribution in [0.25, 0.3) is 5.57 Å². The predicted octanol–water partition coefficient (Wildman–Crippen LogP) is 4.28. The van der Waals surface area contributed by atoms with Crippen LogP contribution in [0.2, 0.25) is 0 Å². The second-order valence-electron chi connectivity index (χ2n) is 7.29. The van der Waals surface area contributed by atoms with Crippen molar-refractivity contribution in [1.82, 2.24) is 14.9 Å². The SMILES string of the molecule is C1=C2CN(Cc3ccncc3)CC=C2c2cccnc2N1Cc1ccccc1. The standard InChI is InChI=1S/C24H22N4/c1-2-5-19(6-3-1)16-28-18-21-17-27(15-20-8-12-25-13-9-20)14-10-22(21)23-7-4-11-26-24(23)28/h1-13,18H,14-17H2. The Labute approximate surface area is 165 Å². The summed E-state index contributed by atoms with van der Waals surface area (Å²) in [5.74, 6) is 1.05. The van der Waals surface area contributed by atoms with Gasteiger partial charge in [0.05, 0.1) is 0 Å². The number of aromatic nitrogens is 2. The molecule has 1 aromatic carbocycles. The summed E-state index contributed by atoms with van der Waals surface area (Å²) in [7, 11) is 0. The molecule has 138 valence electrons. The lowest BCUT2D eigenvalue weighted by Crippen LogP contribution is -2.33. The van der Waals surface area contributed by atoms with Gasteiger partial charge in [-0.25, -0.2) is 4.98 Å². The van der Waals surface area contributed by atoms with Crippen LogP contribution in [-0.2, 0) is 13.1 Å². The minimum Gasteiger partial charge on any atom is -0.328 e. The second kappa shape index (κ2) is 7.41. The van der Waals surface area contributed by atoms with Crippen LogP contribution in [0.15, 0.2) is 91.0 Å². The molecule has 0 amide bonds. The molecule has 0 radical (unpaired) electrons. The van der Waals surface area contributed by atoms with Crippen molar-refractivity contribution in [1.29, 1.82) is 0 Å². The van der Waals surface area contributed by atoms with Gasteiger partial charge in [-0.2, -0.15) is 0 Å². The van der Waals surface area contributed by atoms with Crippen molar-refractivity contribution in [3.8, 4) is 0 Å². The molecule has 2 aliphatic rings. The van der Waals surface area contributed by atoms with Crippen LogP contribution in [0.1, 0.15) is 16.7 Å². The molecule has 4 nitrogen and oxygen atoms in total. The topological polar surface area (TPSA) is 32.3 Å². The molecule has 4 heterocycles. The maximum absolute atomic E-state index is 4.69. The van der Waals surface area contributed by atoms with Gasteiger partial charge in [0.25, 0.3) is 0 Å². The first-order valence-corrected chi connectivity index (χ1v) is 9.65. The Hall–Kier alpha value is -3.24. The first-order chi connectivity index (χ1) is 13.9. The molecular formula is C24H22N4. The average Bonchev–Trinajstić information content (AvgIpc) is 2.75. The average molecular weight is 366 g/mol. The number of fused-ring (bicyclic) bond motifs is 3. The van der Waals surface area contributed by atoms with E-state index in [0.29, 0.717) is 0 Å². The number of benzene rings is 1. The molecule has 5 rings (SSSR count). The molecule has 0 saturated carbocycles. The number of hydrogen-bond donors (Lipinski definition) is 0. The first-order valence-electron chi connectivity index (χ1n) is 9.65. The molecule has 2 aromatic heterocycles. The van der Waals surface area contributed by atoms with Crippen LogP contribution in [0.3, 0.4) is 0 Å². The second-order valence-corrected chi connectivity index (χ2v) is 7.29. The minimum absolute atomic E-state index is 0.825. The Morgan fingerprint density at radius 3 is 2.50 bits per heavy atom. The van der Waals surface area contributed by atoms with Crippen molar-refractivity contribution in [2.45, 2.75) is 13.1 Å². The maximum atomic E-state index is 4.69. The van der Waals surface area contributed by atoms with E-state index in [0.717, 1.165) is 32.0 Å². The molecule has 0 aliphatic carbocycles. The summed E-state index contributed by atoms with van der Waals surface area (Å²) in [6.45, 7) is 3.64. The van der Waals surface area contributed by atoms with Gasteiger partial charge < -0.3 is 4.90 Å². The molecule has 4 heteroatoms. The number of rotatable bonds is 4. The minimum atomic E-state index is 0.825. The van der Waals surface area contributed by atoms with Crippen LogP contribution in [0.5, 0.6) is 0 Å². The Morgan fingerprint density at radius 2 is 1.64 bits per heavy atom. The van der Waals surface area contributed by atoms with E-state index in [1.165, 1.54) is 27.8 Å². The Morgan fingerprint density at radius 1 is 0.821 bits per heavy atom. The maximum Gasteiger partial charge on any atom is 0.140 e. The van der Waals surface area contributed by atoms with Crippen molar-refractivity contribution in [2.75, 3.05) is 18.0 Å². The first kappa shape index (κ1) is 16.9. The van der Waals surface area contributed by atoms with Crippen LogP contribution < -0.4 is 4.90 Å². The Kier molecular flexibility index (Phi) is 4.47. The molecule has 0 saturated heterocycles. The van der Waals surface area contributed by atoms with Crippen molar-refractivity contribution in [3.05, 3.63) is 108 Å². The van der Waals surface area contributed by atoms with Crippen LogP contribution in [-0.4, -0.2) is 28.0 Å². The van der Waals surface area contributed by atoms with Gasteiger partial charge in [-0.3, -0.25) is 9.88 Å². The van der Waals surface area contributed by atoms with Crippen LogP contribution in [0.4, 0.5) is 5.82 Å². The highest BCUT2D eigenvalue weighted by atomic mass is 15.2. The largest absolute Gasteiger partial charge is 0.328 e. The van der Waals surface area contributed by atoms with Crippen molar-refractivity contribution in [3.63, 3.8) is 0 Å². The summed E-state index contributed by atoms with van der Waals surface area (Å²) in [4.78, 5) is 13.6. The summed E-state index contributed by atoms with van der Waals surface area (Å²) >= 11 is 0. The fourth-order valence-corrected chi connectivity index (χ4v) is 3.99. The van der Waals surface area contributed by atoms with E-state index < -0.39 is 0 Å². The molecule has 3 aromatic rings. The molecule has 0 fully saturated rings. The molecule has 28 heavy (non-hydrogen) atoms. The summed E-state index contributed by atoms with van der Waals surface area (Å²) in [6, 6.07) is 19.0. The van der Waals surface area contributed by atoms with E-state index >= 15 is 0 Å². The highest BCUT2D eigenvalue weighted by Gasteiger charge is 2.27. The van der Waals surface area contributed by atoms with E-state index in [9.17, 15) is 0 Å². The number of hydrogen-bond acceptors (Lipinski definition) is 4. The lowest BCUT2D eigenvalue weighted by Gasteiger charge is -2.35. The summed E-state index contributed by atoms with van der Waals surface area (Å²) in [6.07, 6.45) is 10.2. The van der Waals surface area contributed by atoms with E-state index in [4.69, 9.17) is 4.98 Å². The van der Waals surface area contributed by atoms with E-state index in [1.807, 2.05) is 24.7 Å². The zero-order valence-electron chi connectivity index (χ0n) is 15.7. The van der Waals surface area contributed by atoms with Gasteiger partial charge in [-0.1, -0.05) is 36.4 Å². The molecule has 2 aliphatic heterocycles. The van der Waals surface area contributed by atoms with Gasteiger partial charge in [-0.05, 0) is 46.5 Å². The molecule has 0 atom stereocenters. The van der Waals surface area contributed by atoms with Gasteiger partial charge in [0.15, 0.2) is 0 Å². The van der Waals surface area contributed by atoms with Crippen LogP contribution in [0, 0.1) is 0 Å². The summed E-state index contributed by atoms with van der Waals surface area (Å²) in [5.41, 5.74) is 6.51. The van der Waals surface area contributed by atoms with Gasteiger partial charge in [0.2, 0.25) is 0 Å². The summed E-state index contributed by atoms with van der Waals surface area (Å²) < 4.78 is 0. The van der Waals surface area contributed by atoms with Gasteiger partial charge in [0.1, 0.15) is 5.82 Å². The zero-order chi connectivity index (χ0) is 18.8. The Bertz CT molecular complexity index is 1020. The monoisotopic (exact) mass is 366 g/mol. The normalized spacial score (nSPS) is 16.1. The quantitative estimate of drug-likeness (QED) is 0.690. The van der Waals surface area contributed by atoms with E-state index in [-0.39, 0.29) is 0 Å². The van der Waals surface area contributed by atoms with Gasteiger partial charge in [-0.15, -0.1) is 0 Å².